The molecule has 3 N–H and O–H groups in total. The predicted molar refractivity (Wildman–Crippen MR) is 236 cm³/mol. The summed E-state index contributed by atoms with van der Waals surface area (Å²) in [5.74, 6) is -1.11. The first kappa shape index (κ1) is 47.7. The first-order chi connectivity index (χ1) is 31.4. The molecule has 0 spiro atoms. The minimum atomic E-state index is -1.03. The molecule has 65 heavy (non-hydrogen) atoms. The Kier molecular flexibility index (Phi) is 17.1. The van der Waals surface area contributed by atoms with Crippen LogP contribution in [0, 0.1) is 23.6 Å². The number of Topliss-reactive ketones (excluding diaryl/α,β-unsaturated/α-hetero) is 1. The van der Waals surface area contributed by atoms with Gasteiger partial charge in [0.15, 0.2) is 18.1 Å². The Hall–Kier alpha value is -6.77. The van der Waals surface area contributed by atoms with Gasteiger partial charge in [-0.05, 0) is 93.0 Å². The largest absolute Gasteiger partial charge is 0.486 e. The van der Waals surface area contributed by atoms with Crippen molar-refractivity contribution in [2.45, 2.75) is 63.8 Å². The summed E-state index contributed by atoms with van der Waals surface area (Å²) in [5, 5.41) is 8.44. The van der Waals surface area contributed by atoms with Gasteiger partial charge in [0.25, 0.3) is 17.6 Å². The lowest BCUT2D eigenvalue weighted by Gasteiger charge is -2.31. The van der Waals surface area contributed by atoms with Crippen LogP contribution in [0.2, 0.25) is 0 Å². The van der Waals surface area contributed by atoms with Crippen molar-refractivity contribution >= 4 is 41.1 Å². The van der Waals surface area contributed by atoms with Crippen molar-refractivity contribution in [1.82, 2.24) is 14.7 Å². The summed E-state index contributed by atoms with van der Waals surface area (Å²) in [6, 6.07) is 19.5. The van der Waals surface area contributed by atoms with Gasteiger partial charge in [0.05, 0.1) is 29.4 Å². The lowest BCUT2D eigenvalue weighted by molar-refractivity contribution is -0.140. The number of benzene rings is 3. The molecule has 4 fully saturated rings. The second kappa shape index (κ2) is 23.2. The Labute approximate surface area is 376 Å². The second-order valence-corrected chi connectivity index (χ2v) is 16.2. The van der Waals surface area contributed by atoms with E-state index >= 15 is 0 Å². The van der Waals surface area contributed by atoms with Crippen molar-refractivity contribution in [3.8, 4) is 5.75 Å². The quantitative estimate of drug-likeness (QED) is 0.202. The van der Waals surface area contributed by atoms with Crippen LogP contribution in [-0.4, -0.2) is 114 Å². The highest BCUT2D eigenvalue weighted by molar-refractivity contribution is 5.96. The van der Waals surface area contributed by atoms with Gasteiger partial charge in [0, 0.05) is 70.3 Å². The molecule has 342 valence electrons. The van der Waals surface area contributed by atoms with E-state index < -0.39 is 24.2 Å². The molecule has 3 aromatic rings. The van der Waals surface area contributed by atoms with Crippen LogP contribution < -0.4 is 15.4 Å². The highest BCUT2D eigenvalue weighted by atomic mass is 19.1. The Morgan fingerprint density at radius 1 is 0.677 bits per heavy atom. The summed E-state index contributed by atoms with van der Waals surface area (Å²) < 4.78 is 37.8. The zero-order valence-corrected chi connectivity index (χ0v) is 36.2. The number of hydrogen-bond donors (Lipinski definition) is 2. The Morgan fingerprint density at radius 2 is 1.22 bits per heavy atom. The number of rotatable bonds is 12. The number of nitrogens with zero attached hydrogens (tertiary/aromatic N) is 4. The molecule has 0 radical (unpaired) electrons. The summed E-state index contributed by atoms with van der Waals surface area (Å²) >= 11 is 0. The molecule has 3 aromatic carbocycles. The van der Waals surface area contributed by atoms with E-state index in [-0.39, 0.29) is 59.1 Å². The van der Waals surface area contributed by atoms with Crippen LogP contribution in [0.5, 0.6) is 5.75 Å². The van der Waals surface area contributed by atoms with Gasteiger partial charge in [-0.3, -0.25) is 28.9 Å². The van der Waals surface area contributed by atoms with E-state index in [1.54, 1.807) is 74.2 Å². The number of nitrogens with two attached hydrogens (primary N) is 1. The Morgan fingerprint density at radius 3 is 1.71 bits per heavy atom. The number of hydrogen-bond acceptors (Lipinski definition) is 9. The Bertz CT molecular complexity index is 2280. The van der Waals surface area contributed by atoms with E-state index in [2.05, 4.69) is 6.08 Å². The molecule has 5 aliphatic rings. The van der Waals surface area contributed by atoms with Crippen LogP contribution in [0.25, 0.3) is 0 Å². The second-order valence-electron chi connectivity index (χ2n) is 16.2. The van der Waals surface area contributed by atoms with E-state index in [1.165, 1.54) is 24.3 Å². The van der Waals surface area contributed by atoms with Crippen molar-refractivity contribution in [2.24, 2.45) is 11.7 Å². The maximum atomic E-state index is 13.9. The summed E-state index contributed by atoms with van der Waals surface area (Å²) in [5.41, 5.74) is 7.62. The molecule has 0 bridgehead atoms. The molecule has 4 aliphatic heterocycles. The molecular weight excluding hydrogens is 841 g/mol. The number of carbonyl (C=O) groups is 6. The maximum Gasteiger partial charge on any atom is 0.341 e. The number of likely N-dealkylation sites (tertiary alicyclic amines) is 3. The van der Waals surface area contributed by atoms with Gasteiger partial charge in [-0.1, -0.05) is 24.3 Å². The van der Waals surface area contributed by atoms with Crippen molar-refractivity contribution in [3.05, 3.63) is 131 Å². The van der Waals surface area contributed by atoms with Gasteiger partial charge in [-0.2, -0.15) is 0 Å². The fourth-order valence-corrected chi connectivity index (χ4v) is 7.96. The lowest BCUT2D eigenvalue weighted by Crippen LogP contribution is -2.43. The van der Waals surface area contributed by atoms with Crippen molar-refractivity contribution < 1.29 is 52.1 Å². The number of carbonyl (C=O) groups excluding carboxylic acids is 5. The highest BCUT2D eigenvalue weighted by Crippen LogP contribution is 2.26. The van der Waals surface area contributed by atoms with Crippen molar-refractivity contribution in [3.63, 3.8) is 0 Å². The average Bonchev–Trinajstić information content (AvgIpc) is 3.96. The molecule has 0 aromatic heterocycles. The molecule has 0 saturated carbocycles. The minimum Gasteiger partial charge on any atom is -0.486 e. The third-order valence-corrected chi connectivity index (χ3v) is 11.6. The third-order valence-electron chi connectivity index (χ3n) is 11.6. The number of carboxylic acid groups (broad SMARTS) is 1. The SMILES string of the molecule is NC1CCN(C(=O)c2ccccc2F)CC1.O=C(COc1ccc(N2CCCC2=O)cc1)CC1CCN(C(=O)c2ccccc2F)CC1.O=C(O)COC1=[C+]C=C(N2CCCC2=O)C=C1. The number of aliphatic carboxylic acids is 1. The van der Waals surface area contributed by atoms with Crippen LogP contribution in [-0.2, 0) is 23.9 Å². The average molecular weight is 895 g/mol. The first-order valence-electron chi connectivity index (χ1n) is 21.9. The molecule has 4 saturated heterocycles. The molecule has 0 unspecified atom stereocenters. The zero-order valence-electron chi connectivity index (χ0n) is 36.2. The topological polar surface area (TPSA) is 180 Å². The van der Waals surface area contributed by atoms with Gasteiger partial charge in [-0.25, -0.2) is 13.6 Å². The van der Waals surface area contributed by atoms with Crippen molar-refractivity contribution in [1.29, 1.82) is 0 Å². The first-order valence-corrected chi connectivity index (χ1v) is 21.9. The van der Waals surface area contributed by atoms with Crippen LogP contribution in [0.1, 0.15) is 78.5 Å². The molecule has 0 atom stereocenters. The fourth-order valence-electron chi connectivity index (χ4n) is 7.96. The number of allylic oxidation sites excluding steroid dienone is 4. The van der Waals surface area contributed by atoms with Crippen LogP contribution in [0.3, 0.4) is 0 Å². The van der Waals surface area contributed by atoms with E-state index in [1.807, 2.05) is 12.1 Å². The van der Waals surface area contributed by atoms with Gasteiger partial charge in [-0.15, -0.1) is 0 Å². The normalized spacial score (nSPS) is 17.5. The smallest absolute Gasteiger partial charge is 0.341 e. The van der Waals surface area contributed by atoms with Crippen LogP contribution in [0.15, 0.2) is 102 Å². The molecule has 1 aliphatic carbocycles. The Balaban J connectivity index is 0.000000178. The number of ketones is 1. The third kappa shape index (κ3) is 13.6. The van der Waals surface area contributed by atoms with Gasteiger partial charge in [0.1, 0.15) is 30.1 Å². The fraction of sp³-hybridized carbons (Fsp3) is 0.388. The monoisotopic (exact) mass is 894 g/mol. The van der Waals surface area contributed by atoms with Crippen LogP contribution in [0.4, 0.5) is 14.5 Å². The molecule has 8 rings (SSSR count). The number of halogens is 2. The number of anilines is 1. The summed E-state index contributed by atoms with van der Waals surface area (Å²) in [7, 11) is 0. The predicted octanol–water partition coefficient (Wildman–Crippen LogP) is 6.08. The highest BCUT2D eigenvalue weighted by Gasteiger charge is 2.29. The van der Waals surface area contributed by atoms with E-state index in [9.17, 15) is 37.5 Å². The molecule has 14 nitrogen and oxygen atoms in total. The maximum absolute atomic E-state index is 13.9. The number of amides is 4. The number of carboxylic acids is 1. The molecule has 4 heterocycles. The van der Waals surface area contributed by atoms with E-state index in [0.29, 0.717) is 69.8 Å². The van der Waals surface area contributed by atoms with E-state index in [0.717, 1.165) is 50.2 Å². The van der Waals surface area contributed by atoms with Gasteiger partial charge < -0.3 is 35.0 Å². The summed E-state index contributed by atoms with van der Waals surface area (Å²) in [4.78, 5) is 77.2. The molecular formula is C49H54F2N5O9+. The van der Waals surface area contributed by atoms with Gasteiger partial charge >= 0.3 is 5.97 Å². The molecule has 16 heteroatoms. The van der Waals surface area contributed by atoms with Crippen LogP contribution >= 0.6 is 0 Å². The minimum absolute atomic E-state index is 0.00361. The van der Waals surface area contributed by atoms with E-state index in [4.69, 9.17) is 20.3 Å². The summed E-state index contributed by atoms with van der Waals surface area (Å²) in [6.45, 7) is 3.34. The number of ether oxygens (including phenoxy) is 2. The zero-order chi connectivity index (χ0) is 46.3. The van der Waals surface area contributed by atoms with Gasteiger partial charge in [0.2, 0.25) is 11.8 Å². The lowest BCUT2D eigenvalue weighted by atomic mass is 9.91. The standard InChI is InChI=1S/C25H27FN2O4.C12H15FN2O.C12H11NO4/c26-23-5-2-1-4-22(23)25(31)27-14-11-18(12-15-27)16-20(29)17-32-21-9-7-19(8-10-21)28-13-3-6-24(28)30;13-11-4-2-1-3-10(11)12(16)15-7-5-9(14)6-8-15;14-11-2-1-7-13(11)9-3-5-10(6-4-9)17-8-12(15)16/h1-2,4-5,7-10,18H,3,6,11-17H2;1-4,9H,5-8,14H2;3-5H,1-2,7-8H2/p+1. The summed E-state index contributed by atoms with van der Waals surface area (Å²) in [6.07, 6.45) is 14.1. The van der Waals surface area contributed by atoms with Crippen molar-refractivity contribution in [2.75, 3.05) is 57.4 Å². The molecule has 4 amide bonds. The number of piperidine rings is 2.